The number of furan rings is 1. The Bertz CT molecular complexity index is 1050. The summed E-state index contributed by atoms with van der Waals surface area (Å²) in [6, 6.07) is 13.8. The normalized spacial score (nSPS) is 15.5. The summed E-state index contributed by atoms with van der Waals surface area (Å²) in [5, 5.41) is 2.78. The van der Waals surface area contributed by atoms with Gasteiger partial charge in [0.2, 0.25) is 5.91 Å². The third-order valence-electron chi connectivity index (χ3n) is 5.22. The third kappa shape index (κ3) is 4.80. The zero-order valence-electron chi connectivity index (χ0n) is 16.6. The largest absolute Gasteiger partial charge is 0.459 e. The van der Waals surface area contributed by atoms with Crippen molar-refractivity contribution in [2.24, 2.45) is 0 Å². The average Bonchev–Trinajstić information content (AvgIpc) is 3.31. The molecule has 1 N–H and O–H groups in total. The smallest absolute Gasteiger partial charge is 0.289 e. The van der Waals surface area contributed by atoms with E-state index in [1.54, 1.807) is 29.2 Å². The monoisotopic (exact) mass is 425 g/mol. The van der Waals surface area contributed by atoms with Crippen LogP contribution in [0.25, 0.3) is 0 Å². The highest BCUT2D eigenvalue weighted by atomic mass is 19.1. The van der Waals surface area contributed by atoms with Gasteiger partial charge in [0, 0.05) is 31.9 Å². The molecule has 3 aromatic rings. The maximum absolute atomic E-state index is 13.9. The van der Waals surface area contributed by atoms with Gasteiger partial charge in [-0.3, -0.25) is 14.5 Å². The fourth-order valence-corrected chi connectivity index (χ4v) is 3.69. The van der Waals surface area contributed by atoms with Crippen LogP contribution in [-0.2, 0) is 4.79 Å². The lowest BCUT2D eigenvalue weighted by atomic mass is 10.0. The Balaban J connectivity index is 1.51. The summed E-state index contributed by atoms with van der Waals surface area (Å²) in [6.07, 6.45) is 1.45. The van der Waals surface area contributed by atoms with Crippen LogP contribution in [0, 0.1) is 11.6 Å². The van der Waals surface area contributed by atoms with Gasteiger partial charge in [0.25, 0.3) is 5.91 Å². The number of amides is 2. The first-order valence-electron chi connectivity index (χ1n) is 9.90. The Morgan fingerprint density at radius 3 is 2.29 bits per heavy atom. The van der Waals surface area contributed by atoms with Gasteiger partial charge in [-0.2, -0.15) is 0 Å². The lowest BCUT2D eigenvalue weighted by molar-refractivity contribution is -0.122. The molecule has 6 nitrogen and oxygen atoms in total. The molecule has 0 aliphatic carbocycles. The van der Waals surface area contributed by atoms with E-state index >= 15 is 0 Å². The molecule has 1 unspecified atom stereocenters. The number of rotatable bonds is 5. The van der Waals surface area contributed by atoms with Crippen molar-refractivity contribution in [2.45, 2.75) is 6.04 Å². The maximum atomic E-state index is 13.9. The standard InChI is InChI=1S/C23H21F2N3O3/c24-17-6-8-19(9-7-17)26-22(29)21(16-3-1-4-18(25)15-16)27-10-12-28(13-11-27)23(30)20-5-2-14-31-20/h1-9,14-15,21H,10-13H2,(H,26,29). The SMILES string of the molecule is O=C(Nc1ccc(F)cc1)C(c1cccc(F)c1)N1CCN(C(=O)c2ccco2)CC1. The first kappa shape index (κ1) is 20.7. The number of benzene rings is 2. The van der Waals surface area contributed by atoms with Crippen molar-refractivity contribution in [3.05, 3.63) is 89.9 Å². The highest BCUT2D eigenvalue weighted by molar-refractivity contribution is 5.95. The molecular weight excluding hydrogens is 404 g/mol. The molecule has 0 saturated carbocycles. The summed E-state index contributed by atoms with van der Waals surface area (Å²) in [4.78, 5) is 29.2. The third-order valence-corrected chi connectivity index (χ3v) is 5.22. The summed E-state index contributed by atoms with van der Waals surface area (Å²) in [5.74, 6) is -1.14. The van der Waals surface area contributed by atoms with E-state index < -0.39 is 17.7 Å². The molecular formula is C23H21F2N3O3. The lowest BCUT2D eigenvalue weighted by Crippen LogP contribution is -2.51. The van der Waals surface area contributed by atoms with E-state index in [0.29, 0.717) is 37.4 Å². The van der Waals surface area contributed by atoms with Crippen LogP contribution in [0.2, 0.25) is 0 Å². The van der Waals surface area contributed by atoms with Crippen molar-refractivity contribution >= 4 is 17.5 Å². The van der Waals surface area contributed by atoms with Crippen molar-refractivity contribution in [3.63, 3.8) is 0 Å². The van der Waals surface area contributed by atoms with Gasteiger partial charge in [-0.15, -0.1) is 0 Å². The topological polar surface area (TPSA) is 65.8 Å². The molecule has 1 saturated heterocycles. The summed E-state index contributed by atoms with van der Waals surface area (Å²) in [7, 11) is 0. The van der Waals surface area contributed by atoms with Crippen LogP contribution in [0.1, 0.15) is 22.2 Å². The summed E-state index contributed by atoms with van der Waals surface area (Å²) in [6.45, 7) is 1.64. The fraction of sp³-hybridized carbons (Fsp3) is 0.217. The van der Waals surface area contributed by atoms with Gasteiger partial charge in [-0.1, -0.05) is 12.1 Å². The fourth-order valence-electron chi connectivity index (χ4n) is 3.69. The van der Waals surface area contributed by atoms with Crippen molar-refractivity contribution in [2.75, 3.05) is 31.5 Å². The lowest BCUT2D eigenvalue weighted by Gasteiger charge is -2.38. The summed E-state index contributed by atoms with van der Waals surface area (Å²) in [5.41, 5.74) is 0.949. The van der Waals surface area contributed by atoms with E-state index in [1.807, 2.05) is 4.90 Å². The van der Waals surface area contributed by atoms with Gasteiger partial charge < -0.3 is 14.6 Å². The summed E-state index contributed by atoms with van der Waals surface area (Å²) >= 11 is 0. The average molecular weight is 425 g/mol. The number of nitrogens with one attached hydrogen (secondary N) is 1. The number of carbonyl (C=O) groups is 2. The van der Waals surface area contributed by atoms with E-state index in [0.717, 1.165) is 0 Å². The van der Waals surface area contributed by atoms with E-state index in [9.17, 15) is 18.4 Å². The Morgan fingerprint density at radius 1 is 0.903 bits per heavy atom. The number of piperazine rings is 1. The Morgan fingerprint density at radius 2 is 1.65 bits per heavy atom. The molecule has 0 radical (unpaired) electrons. The molecule has 0 bridgehead atoms. The van der Waals surface area contributed by atoms with Crippen molar-refractivity contribution in [3.8, 4) is 0 Å². The Hall–Kier alpha value is -3.52. The van der Waals surface area contributed by atoms with Crippen molar-refractivity contribution < 1.29 is 22.8 Å². The van der Waals surface area contributed by atoms with Crippen LogP contribution in [0.4, 0.5) is 14.5 Å². The van der Waals surface area contributed by atoms with Crippen molar-refractivity contribution in [1.29, 1.82) is 0 Å². The first-order chi connectivity index (χ1) is 15.0. The second-order valence-electron chi connectivity index (χ2n) is 7.26. The van der Waals surface area contributed by atoms with E-state index in [4.69, 9.17) is 4.42 Å². The second kappa shape index (κ2) is 9.09. The van der Waals surface area contributed by atoms with E-state index in [2.05, 4.69) is 5.32 Å². The number of carbonyl (C=O) groups excluding carboxylic acids is 2. The molecule has 2 heterocycles. The number of anilines is 1. The molecule has 8 heteroatoms. The van der Waals surface area contributed by atoms with E-state index in [1.165, 1.54) is 42.7 Å². The minimum Gasteiger partial charge on any atom is -0.459 e. The van der Waals surface area contributed by atoms with Gasteiger partial charge in [-0.05, 0) is 54.1 Å². The molecule has 1 atom stereocenters. The van der Waals surface area contributed by atoms with Crippen LogP contribution >= 0.6 is 0 Å². The number of hydrogen-bond donors (Lipinski definition) is 1. The van der Waals surface area contributed by atoms with E-state index in [-0.39, 0.29) is 17.6 Å². The van der Waals surface area contributed by atoms with Gasteiger partial charge in [0.05, 0.1) is 6.26 Å². The molecule has 160 valence electrons. The van der Waals surface area contributed by atoms with Crippen molar-refractivity contribution in [1.82, 2.24) is 9.80 Å². The number of hydrogen-bond acceptors (Lipinski definition) is 4. The van der Waals surface area contributed by atoms with Gasteiger partial charge in [0.1, 0.15) is 17.7 Å². The van der Waals surface area contributed by atoms with Crippen LogP contribution < -0.4 is 5.32 Å². The zero-order valence-corrected chi connectivity index (χ0v) is 16.6. The molecule has 2 amide bonds. The molecule has 1 aromatic heterocycles. The van der Waals surface area contributed by atoms with Gasteiger partial charge in [0.15, 0.2) is 5.76 Å². The Labute approximate surface area is 178 Å². The quantitative estimate of drug-likeness (QED) is 0.677. The van der Waals surface area contributed by atoms with Crippen LogP contribution in [0.15, 0.2) is 71.3 Å². The second-order valence-corrected chi connectivity index (χ2v) is 7.26. The molecule has 4 rings (SSSR count). The molecule has 1 fully saturated rings. The minimum atomic E-state index is -0.762. The maximum Gasteiger partial charge on any atom is 0.289 e. The molecule has 2 aromatic carbocycles. The molecule has 1 aliphatic heterocycles. The number of halogens is 2. The molecule has 31 heavy (non-hydrogen) atoms. The molecule has 0 spiro atoms. The predicted octanol–water partition coefficient (Wildman–Crippen LogP) is 3.70. The zero-order chi connectivity index (χ0) is 21.8. The first-order valence-corrected chi connectivity index (χ1v) is 9.90. The van der Waals surface area contributed by atoms with Crippen LogP contribution in [0.3, 0.4) is 0 Å². The predicted molar refractivity (Wildman–Crippen MR) is 110 cm³/mol. The summed E-state index contributed by atoms with van der Waals surface area (Å²) < 4.78 is 32.3. The van der Waals surface area contributed by atoms with Crippen LogP contribution in [0.5, 0.6) is 0 Å². The number of nitrogens with zero attached hydrogens (tertiary/aromatic N) is 2. The van der Waals surface area contributed by atoms with Gasteiger partial charge >= 0.3 is 0 Å². The highest BCUT2D eigenvalue weighted by Gasteiger charge is 2.32. The van der Waals surface area contributed by atoms with Gasteiger partial charge in [-0.25, -0.2) is 8.78 Å². The van der Waals surface area contributed by atoms with Crippen LogP contribution in [-0.4, -0.2) is 47.8 Å². The minimum absolute atomic E-state index is 0.206. The highest BCUT2D eigenvalue weighted by Crippen LogP contribution is 2.25. The molecule has 1 aliphatic rings. The Kier molecular flexibility index (Phi) is 6.08.